The van der Waals surface area contributed by atoms with Crippen LogP contribution in [-0.4, -0.2) is 11.5 Å². The van der Waals surface area contributed by atoms with Crippen molar-refractivity contribution < 1.29 is 31.3 Å². The Morgan fingerprint density at radius 2 is 1.52 bits per heavy atom. The van der Waals surface area contributed by atoms with Crippen LogP contribution in [0.4, 0.5) is 37.7 Å². The molecule has 0 aromatic heterocycles. The minimum Gasteiger partial charge on any atom is -0.384 e. The molecule has 0 saturated carbocycles. The number of anilines is 1. The van der Waals surface area contributed by atoms with Gasteiger partial charge in [-0.15, -0.1) is 0 Å². The first-order valence-corrected chi connectivity index (χ1v) is 5.69. The number of nitrogens with zero attached hydrogens (tertiary/aromatic N) is 1. The normalized spacial score (nSPS) is 12.3. The van der Waals surface area contributed by atoms with Crippen LogP contribution in [0.25, 0.3) is 0 Å². The molecule has 0 saturated heterocycles. The van der Waals surface area contributed by atoms with Gasteiger partial charge >= 0.3 is 12.4 Å². The maximum atomic E-state index is 12.9. The van der Waals surface area contributed by atoms with Gasteiger partial charge in [0.1, 0.15) is 0 Å². The number of hydrogen-bond acceptors (Lipinski definition) is 3. The van der Waals surface area contributed by atoms with Crippen LogP contribution in [0, 0.1) is 10.1 Å². The van der Waals surface area contributed by atoms with Crippen LogP contribution in [0.15, 0.2) is 12.1 Å². The Kier molecular flexibility index (Phi) is 4.69. The molecule has 0 aliphatic heterocycles. The number of halogens is 6. The molecule has 21 heavy (non-hydrogen) atoms. The summed E-state index contributed by atoms with van der Waals surface area (Å²) in [6.07, 6.45) is -10.0. The van der Waals surface area contributed by atoms with Crippen LogP contribution in [-0.2, 0) is 12.4 Å². The van der Waals surface area contributed by atoms with Crippen LogP contribution in [0.1, 0.15) is 24.5 Å². The number of alkyl halides is 6. The number of nitro benzene ring substituents is 1. The lowest BCUT2D eigenvalue weighted by Gasteiger charge is -2.19. The van der Waals surface area contributed by atoms with Gasteiger partial charge in [-0.05, 0) is 6.42 Å². The number of hydrogen-bond donors (Lipinski definition) is 1. The van der Waals surface area contributed by atoms with E-state index in [0.29, 0.717) is 0 Å². The van der Waals surface area contributed by atoms with E-state index in [-0.39, 0.29) is 25.1 Å². The summed E-state index contributed by atoms with van der Waals surface area (Å²) in [5.41, 5.74) is -5.88. The summed E-state index contributed by atoms with van der Waals surface area (Å²) in [6.45, 7) is 1.42. The molecule has 1 aromatic rings. The maximum absolute atomic E-state index is 12.9. The molecule has 1 rings (SSSR count). The fourth-order valence-corrected chi connectivity index (χ4v) is 1.62. The second-order valence-corrected chi connectivity index (χ2v) is 4.10. The first kappa shape index (κ1) is 17.1. The maximum Gasteiger partial charge on any atom is 0.418 e. The highest BCUT2D eigenvalue weighted by Gasteiger charge is 2.43. The van der Waals surface area contributed by atoms with E-state index >= 15 is 0 Å². The Morgan fingerprint density at radius 3 is 1.81 bits per heavy atom. The molecule has 4 nitrogen and oxygen atoms in total. The number of rotatable bonds is 4. The van der Waals surface area contributed by atoms with Gasteiger partial charge in [0, 0.05) is 18.7 Å². The zero-order chi connectivity index (χ0) is 16.4. The van der Waals surface area contributed by atoms with Crippen LogP contribution in [0.2, 0.25) is 0 Å². The molecule has 0 spiro atoms. The third-order valence-electron chi connectivity index (χ3n) is 2.50. The Balaban J connectivity index is 3.65. The Labute approximate surface area is 114 Å². The molecule has 118 valence electrons. The molecule has 0 radical (unpaired) electrons. The molecule has 0 heterocycles. The highest BCUT2D eigenvalue weighted by Crippen LogP contribution is 2.44. The molecule has 0 unspecified atom stereocenters. The van der Waals surface area contributed by atoms with E-state index in [0.717, 1.165) is 0 Å². The average Bonchev–Trinajstić information content (AvgIpc) is 2.32. The van der Waals surface area contributed by atoms with Crippen LogP contribution >= 0.6 is 0 Å². The van der Waals surface area contributed by atoms with Crippen molar-refractivity contribution in [1.29, 1.82) is 0 Å². The highest BCUT2D eigenvalue weighted by molar-refractivity contribution is 5.64. The van der Waals surface area contributed by atoms with E-state index in [1.165, 1.54) is 0 Å². The fraction of sp³-hybridized carbons (Fsp3) is 0.455. The molecule has 1 N–H and O–H groups in total. The third-order valence-corrected chi connectivity index (χ3v) is 2.50. The second-order valence-electron chi connectivity index (χ2n) is 4.10. The highest BCUT2D eigenvalue weighted by atomic mass is 19.4. The van der Waals surface area contributed by atoms with Crippen LogP contribution < -0.4 is 5.32 Å². The van der Waals surface area contributed by atoms with Crippen molar-refractivity contribution in [2.75, 3.05) is 11.9 Å². The van der Waals surface area contributed by atoms with Gasteiger partial charge in [-0.3, -0.25) is 10.1 Å². The van der Waals surface area contributed by atoms with Crippen molar-refractivity contribution in [2.45, 2.75) is 25.7 Å². The van der Waals surface area contributed by atoms with Crippen molar-refractivity contribution in [3.8, 4) is 0 Å². The van der Waals surface area contributed by atoms with E-state index in [4.69, 9.17) is 0 Å². The summed E-state index contributed by atoms with van der Waals surface area (Å²) in [5, 5.41) is 12.6. The summed E-state index contributed by atoms with van der Waals surface area (Å²) in [5.74, 6) is 0. The molecule has 0 atom stereocenters. The zero-order valence-electron chi connectivity index (χ0n) is 10.6. The van der Waals surface area contributed by atoms with E-state index in [9.17, 15) is 36.5 Å². The predicted octanol–water partition coefficient (Wildman–Crippen LogP) is 4.45. The molecular formula is C11H10F6N2O2. The topological polar surface area (TPSA) is 55.2 Å². The van der Waals surface area contributed by atoms with Gasteiger partial charge < -0.3 is 5.32 Å². The third kappa shape index (κ3) is 3.99. The summed E-state index contributed by atoms with van der Waals surface area (Å²) in [4.78, 5) is 9.24. The van der Waals surface area contributed by atoms with Crippen molar-refractivity contribution in [1.82, 2.24) is 0 Å². The summed E-state index contributed by atoms with van der Waals surface area (Å²) < 4.78 is 77.1. The lowest BCUT2D eigenvalue weighted by molar-refractivity contribution is -0.385. The van der Waals surface area contributed by atoms with Crippen molar-refractivity contribution in [3.05, 3.63) is 33.4 Å². The summed E-state index contributed by atoms with van der Waals surface area (Å²) in [6, 6.07) is 0.181. The second kappa shape index (κ2) is 5.78. The van der Waals surface area contributed by atoms with Gasteiger partial charge in [-0.2, -0.15) is 26.3 Å². The zero-order valence-corrected chi connectivity index (χ0v) is 10.6. The van der Waals surface area contributed by atoms with Crippen LogP contribution in [0.5, 0.6) is 0 Å². The van der Waals surface area contributed by atoms with Gasteiger partial charge in [0.15, 0.2) is 0 Å². The molecule has 0 fully saturated rings. The van der Waals surface area contributed by atoms with Crippen molar-refractivity contribution >= 4 is 11.4 Å². The van der Waals surface area contributed by atoms with Crippen molar-refractivity contribution in [3.63, 3.8) is 0 Å². The number of nitrogens with one attached hydrogen (secondary N) is 1. The monoisotopic (exact) mass is 316 g/mol. The molecule has 1 aromatic carbocycles. The lowest BCUT2D eigenvalue weighted by Crippen LogP contribution is -2.18. The van der Waals surface area contributed by atoms with Crippen molar-refractivity contribution in [2.24, 2.45) is 0 Å². The predicted molar refractivity (Wildman–Crippen MR) is 61.9 cm³/mol. The minimum atomic E-state index is -5.15. The quantitative estimate of drug-likeness (QED) is 0.507. The van der Waals surface area contributed by atoms with Gasteiger partial charge in [0.2, 0.25) is 0 Å². The van der Waals surface area contributed by atoms with Gasteiger partial charge in [0.05, 0.1) is 21.7 Å². The van der Waals surface area contributed by atoms with E-state index in [1.807, 2.05) is 5.32 Å². The molecule has 10 heteroatoms. The number of nitro groups is 1. The standard InChI is InChI=1S/C11H10F6N2O2/c1-2-3-18-9-7(10(12,13)14)4-6(19(20)21)5-8(9)11(15,16)17/h4-5,18H,2-3H2,1H3. The Hall–Kier alpha value is -2.00. The number of benzene rings is 1. The largest absolute Gasteiger partial charge is 0.418 e. The first-order chi connectivity index (χ1) is 9.48. The molecule has 0 aliphatic carbocycles. The van der Waals surface area contributed by atoms with E-state index in [2.05, 4.69) is 0 Å². The fourth-order valence-electron chi connectivity index (χ4n) is 1.62. The Morgan fingerprint density at radius 1 is 1.10 bits per heavy atom. The molecule has 0 bridgehead atoms. The Bertz CT molecular complexity index is 503. The van der Waals surface area contributed by atoms with Gasteiger partial charge in [-0.1, -0.05) is 6.92 Å². The molecular weight excluding hydrogens is 306 g/mol. The first-order valence-electron chi connectivity index (χ1n) is 5.69. The van der Waals surface area contributed by atoms with Crippen LogP contribution in [0.3, 0.4) is 0 Å². The smallest absolute Gasteiger partial charge is 0.384 e. The molecule has 0 aliphatic rings. The van der Waals surface area contributed by atoms with Gasteiger partial charge in [-0.25, -0.2) is 0 Å². The summed E-state index contributed by atoms with van der Waals surface area (Å²) >= 11 is 0. The average molecular weight is 316 g/mol. The van der Waals surface area contributed by atoms with E-state index in [1.54, 1.807) is 6.92 Å². The summed E-state index contributed by atoms with van der Waals surface area (Å²) in [7, 11) is 0. The SMILES string of the molecule is CCCNc1c(C(F)(F)F)cc([N+](=O)[O-])cc1C(F)(F)F. The van der Waals surface area contributed by atoms with E-state index < -0.39 is 39.8 Å². The molecule has 0 amide bonds. The lowest BCUT2D eigenvalue weighted by atomic mass is 10.0. The minimum absolute atomic E-state index is 0.0905. The number of non-ortho nitro benzene ring substituents is 1. The van der Waals surface area contributed by atoms with Gasteiger partial charge in [0.25, 0.3) is 5.69 Å².